The molecule has 0 radical (unpaired) electrons. The Hall–Kier alpha value is -2.21. The van der Waals surface area contributed by atoms with Gasteiger partial charge in [-0.05, 0) is 17.7 Å². The summed E-state index contributed by atoms with van der Waals surface area (Å²) in [5.41, 5.74) is 1.09. The normalized spacial score (nSPS) is 17.0. The summed E-state index contributed by atoms with van der Waals surface area (Å²) in [6.45, 7) is 1.68. The van der Waals surface area contributed by atoms with Crippen LogP contribution in [-0.2, 0) is 21.9 Å². The van der Waals surface area contributed by atoms with Crippen molar-refractivity contribution < 1.29 is 14.0 Å². The molecule has 1 aromatic carbocycles. The highest BCUT2D eigenvalue weighted by Gasteiger charge is 2.33. The van der Waals surface area contributed by atoms with E-state index in [0.717, 1.165) is 22.8 Å². The lowest BCUT2D eigenvalue weighted by molar-refractivity contribution is -0.129. The van der Waals surface area contributed by atoms with Crippen molar-refractivity contribution in [2.75, 3.05) is 18.8 Å². The number of amides is 2. The van der Waals surface area contributed by atoms with Crippen LogP contribution in [0.15, 0.2) is 53.1 Å². The van der Waals surface area contributed by atoms with Gasteiger partial charge in [0.15, 0.2) is 0 Å². The van der Waals surface area contributed by atoms with Crippen LogP contribution in [0.1, 0.15) is 17.7 Å². The molecular formula is C19H22N2O3S. The zero-order valence-corrected chi connectivity index (χ0v) is 14.8. The second kappa shape index (κ2) is 8.76. The molecule has 0 spiro atoms. The number of nitrogens with one attached hydrogen (secondary N) is 1. The van der Waals surface area contributed by atoms with Gasteiger partial charge in [0.2, 0.25) is 11.8 Å². The summed E-state index contributed by atoms with van der Waals surface area (Å²) >= 11 is 1.71. The Morgan fingerprint density at radius 2 is 2.08 bits per heavy atom. The highest BCUT2D eigenvalue weighted by molar-refractivity contribution is 7.98. The first-order valence-electron chi connectivity index (χ1n) is 8.42. The van der Waals surface area contributed by atoms with Gasteiger partial charge in [-0.15, -0.1) is 0 Å². The van der Waals surface area contributed by atoms with Crippen LogP contribution in [0.5, 0.6) is 0 Å². The van der Waals surface area contributed by atoms with E-state index in [9.17, 15) is 9.59 Å². The Morgan fingerprint density at radius 3 is 2.84 bits per heavy atom. The van der Waals surface area contributed by atoms with Gasteiger partial charge >= 0.3 is 0 Å². The fourth-order valence-electron chi connectivity index (χ4n) is 2.86. The van der Waals surface area contributed by atoms with E-state index in [1.54, 1.807) is 22.9 Å². The Balaban J connectivity index is 1.37. The number of likely N-dealkylation sites (tertiary alicyclic amines) is 1. The molecule has 0 unspecified atom stereocenters. The Bertz CT molecular complexity index is 688. The van der Waals surface area contributed by atoms with Gasteiger partial charge < -0.3 is 14.6 Å². The lowest BCUT2D eigenvalue weighted by Crippen LogP contribution is -2.34. The zero-order valence-electron chi connectivity index (χ0n) is 14.0. The summed E-state index contributed by atoms with van der Waals surface area (Å²) < 4.78 is 5.26. The number of nitrogens with zero attached hydrogens (tertiary/aromatic N) is 1. The van der Waals surface area contributed by atoms with Crippen molar-refractivity contribution in [1.82, 2.24) is 10.2 Å². The molecule has 5 nitrogen and oxygen atoms in total. The minimum absolute atomic E-state index is 0.0255. The molecule has 1 aromatic heterocycles. The van der Waals surface area contributed by atoms with Crippen LogP contribution in [0.25, 0.3) is 0 Å². The number of furan rings is 1. The SMILES string of the molecule is O=C(NCCSCc1ccco1)[C@@H]1CC(=O)N(Cc2ccccc2)C1. The Morgan fingerprint density at radius 1 is 1.24 bits per heavy atom. The van der Waals surface area contributed by atoms with E-state index in [1.165, 1.54) is 0 Å². The summed E-state index contributed by atoms with van der Waals surface area (Å²) in [6.07, 6.45) is 1.97. The van der Waals surface area contributed by atoms with E-state index in [0.29, 0.717) is 26.1 Å². The number of benzene rings is 1. The van der Waals surface area contributed by atoms with Crippen molar-refractivity contribution in [3.05, 3.63) is 60.1 Å². The highest BCUT2D eigenvalue weighted by atomic mass is 32.2. The quantitative estimate of drug-likeness (QED) is 0.737. The number of thioether (sulfide) groups is 1. The molecule has 132 valence electrons. The maximum absolute atomic E-state index is 12.3. The van der Waals surface area contributed by atoms with Gasteiger partial charge in [0.1, 0.15) is 5.76 Å². The molecular weight excluding hydrogens is 336 g/mol. The van der Waals surface area contributed by atoms with Crippen LogP contribution in [-0.4, -0.2) is 35.6 Å². The number of hydrogen-bond donors (Lipinski definition) is 1. The third kappa shape index (κ3) is 5.13. The van der Waals surface area contributed by atoms with Crippen LogP contribution in [0.2, 0.25) is 0 Å². The van der Waals surface area contributed by atoms with Crippen LogP contribution >= 0.6 is 11.8 Å². The van der Waals surface area contributed by atoms with Gasteiger partial charge in [0, 0.05) is 31.8 Å². The molecule has 1 fully saturated rings. The van der Waals surface area contributed by atoms with Crippen molar-refractivity contribution in [2.45, 2.75) is 18.7 Å². The highest BCUT2D eigenvalue weighted by Crippen LogP contribution is 2.20. The molecule has 3 rings (SSSR count). The fourth-order valence-corrected chi connectivity index (χ4v) is 3.62. The van der Waals surface area contributed by atoms with Crippen molar-refractivity contribution in [2.24, 2.45) is 5.92 Å². The second-order valence-corrected chi connectivity index (χ2v) is 7.19. The van der Waals surface area contributed by atoms with Crippen LogP contribution in [0.4, 0.5) is 0 Å². The second-order valence-electron chi connectivity index (χ2n) is 6.08. The van der Waals surface area contributed by atoms with Crippen LogP contribution in [0.3, 0.4) is 0 Å². The number of hydrogen-bond acceptors (Lipinski definition) is 4. The van der Waals surface area contributed by atoms with E-state index in [2.05, 4.69) is 5.32 Å². The topological polar surface area (TPSA) is 62.6 Å². The number of carbonyl (C=O) groups excluding carboxylic acids is 2. The molecule has 2 heterocycles. The van der Waals surface area contributed by atoms with Gasteiger partial charge in [-0.2, -0.15) is 11.8 Å². The predicted octanol–water partition coefficient (Wildman–Crippen LogP) is 2.68. The van der Waals surface area contributed by atoms with Crippen LogP contribution in [0, 0.1) is 5.92 Å². The molecule has 25 heavy (non-hydrogen) atoms. The van der Waals surface area contributed by atoms with Crippen LogP contribution < -0.4 is 5.32 Å². The maximum atomic E-state index is 12.3. The van der Waals surface area contributed by atoms with E-state index in [-0.39, 0.29) is 17.7 Å². The molecule has 6 heteroatoms. The molecule has 0 bridgehead atoms. The molecule has 2 aromatic rings. The maximum Gasteiger partial charge on any atom is 0.225 e. The van der Waals surface area contributed by atoms with E-state index in [4.69, 9.17) is 4.42 Å². The molecule has 1 N–H and O–H groups in total. The van der Waals surface area contributed by atoms with Crippen molar-refractivity contribution >= 4 is 23.6 Å². The van der Waals surface area contributed by atoms with E-state index in [1.807, 2.05) is 42.5 Å². The number of rotatable bonds is 8. The lowest BCUT2D eigenvalue weighted by atomic mass is 10.1. The Labute approximate surface area is 151 Å². The third-order valence-corrected chi connectivity index (χ3v) is 5.15. The molecule has 0 saturated carbocycles. The van der Waals surface area contributed by atoms with Gasteiger partial charge in [0.25, 0.3) is 0 Å². The molecule has 1 aliphatic rings. The van der Waals surface area contributed by atoms with E-state index >= 15 is 0 Å². The summed E-state index contributed by atoms with van der Waals surface area (Å²) in [5.74, 6) is 2.34. The minimum atomic E-state index is -0.244. The van der Waals surface area contributed by atoms with Crippen molar-refractivity contribution in [1.29, 1.82) is 0 Å². The first kappa shape index (κ1) is 17.6. The summed E-state index contributed by atoms with van der Waals surface area (Å²) in [4.78, 5) is 26.2. The summed E-state index contributed by atoms with van der Waals surface area (Å²) in [7, 11) is 0. The van der Waals surface area contributed by atoms with Crippen molar-refractivity contribution in [3.8, 4) is 0 Å². The first-order chi connectivity index (χ1) is 12.2. The monoisotopic (exact) mass is 358 g/mol. The van der Waals surface area contributed by atoms with Gasteiger partial charge in [-0.1, -0.05) is 30.3 Å². The van der Waals surface area contributed by atoms with E-state index < -0.39 is 0 Å². The third-order valence-electron chi connectivity index (χ3n) is 4.17. The predicted molar refractivity (Wildman–Crippen MR) is 97.8 cm³/mol. The smallest absolute Gasteiger partial charge is 0.225 e. The first-order valence-corrected chi connectivity index (χ1v) is 9.57. The largest absolute Gasteiger partial charge is 0.468 e. The molecule has 2 amide bonds. The molecule has 1 atom stereocenters. The zero-order chi connectivity index (χ0) is 17.5. The average Bonchev–Trinajstić information content (AvgIpc) is 3.26. The summed E-state index contributed by atoms with van der Waals surface area (Å²) in [5, 5.41) is 2.94. The Kier molecular flexibility index (Phi) is 6.17. The lowest BCUT2D eigenvalue weighted by Gasteiger charge is -2.16. The van der Waals surface area contributed by atoms with Gasteiger partial charge in [-0.25, -0.2) is 0 Å². The molecule has 1 saturated heterocycles. The molecule has 1 aliphatic heterocycles. The minimum Gasteiger partial charge on any atom is -0.468 e. The average molecular weight is 358 g/mol. The fraction of sp³-hybridized carbons (Fsp3) is 0.368. The number of carbonyl (C=O) groups is 2. The van der Waals surface area contributed by atoms with Crippen molar-refractivity contribution in [3.63, 3.8) is 0 Å². The summed E-state index contributed by atoms with van der Waals surface area (Å²) in [6, 6.07) is 13.7. The molecule has 0 aliphatic carbocycles. The van der Waals surface area contributed by atoms with Gasteiger partial charge in [0.05, 0.1) is 17.9 Å². The standard InChI is InChI=1S/C19H22N2O3S/c22-18-11-16(13-21(18)12-15-5-2-1-3-6-15)19(23)20-8-10-25-14-17-7-4-9-24-17/h1-7,9,16H,8,10-14H2,(H,20,23)/t16-/m1/s1. The van der Waals surface area contributed by atoms with Gasteiger partial charge in [-0.3, -0.25) is 9.59 Å².